The summed E-state index contributed by atoms with van der Waals surface area (Å²) in [7, 11) is 0. The number of aliphatic imine (C=N–C) groups is 1. The van der Waals surface area contributed by atoms with Crippen molar-refractivity contribution in [1.29, 1.82) is 0 Å². The van der Waals surface area contributed by atoms with Crippen LogP contribution in [0.25, 0.3) is 6.08 Å². The van der Waals surface area contributed by atoms with Gasteiger partial charge in [0.2, 0.25) is 5.90 Å². The molecular weight excluding hydrogens is 245 g/mol. The molecule has 1 aromatic rings. The highest BCUT2D eigenvalue weighted by molar-refractivity contribution is 6.07. The third-order valence-corrected chi connectivity index (χ3v) is 3.49. The van der Waals surface area contributed by atoms with Crippen LogP contribution in [0, 0.1) is 11.7 Å². The van der Waals surface area contributed by atoms with Gasteiger partial charge in [-0.15, -0.1) is 0 Å². The van der Waals surface area contributed by atoms with E-state index in [1.807, 2.05) is 0 Å². The minimum Gasteiger partial charge on any atom is -0.406 e. The zero-order chi connectivity index (χ0) is 13.2. The highest BCUT2D eigenvalue weighted by Crippen LogP contribution is 2.30. The summed E-state index contributed by atoms with van der Waals surface area (Å²) < 4.78 is 18.3. The molecule has 1 heterocycles. The van der Waals surface area contributed by atoms with E-state index in [1.54, 1.807) is 18.2 Å². The molecule has 0 bridgehead atoms. The highest BCUT2D eigenvalue weighted by Gasteiger charge is 2.30. The molecule has 1 saturated carbocycles. The van der Waals surface area contributed by atoms with Gasteiger partial charge in [-0.25, -0.2) is 14.2 Å². The Labute approximate surface area is 110 Å². The summed E-state index contributed by atoms with van der Waals surface area (Å²) >= 11 is 0. The number of benzene rings is 1. The maximum atomic E-state index is 13.1. The molecule has 0 N–H and O–H groups in total. The predicted molar refractivity (Wildman–Crippen MR) is 69.9 cm³/mol. The Kier molecular flexibility index (Phi) is 3.15. The first-order valence-corrected chi connectivity index (χ1v) is 6.50. The molecule has 4 heteroatoms. The fourth-order valence-corrected chi connectivity index (χ4v) is 2.53. The van der Waals surface area contributed by atoms with Crippen LogP contribution >= 0.6 is 0 Å². The lowest BCUT2D eigenvalue weighted by Gasteiger charge is -2.05. The van der Waals surface area contributed by atoms with Crippen LogP contribution in [0.5, 0.6) is 0 Å². The maximum absolute atomic E-state index is 13.1. The minimum absolute atomic E-state index is 0.257. The minimum atomic E-state index is -0.439. The molecule has 0 amide bonds. The number of cyclic esters (lactones) is 1. The molecule has 1 aromatic carbocycles. The van der Waals surface area contributed by atoms with E-state index in [2.05, 4.69) is 4.99 Å². The molecule has 0 unspecified atom stereocenters. The van der Waals surface area contributed by atoms with Gasteiger partial charge in [0.1, 0.15) is 5.82 Å². The van der Waals surface area contributed by atoms with Crippen molar-refractivity contribution < 1.29 is 13.9 Å². The van der Waals surface area contributed by atoms with E-state index < -0.39 is 5.97 Å². The van der Waals surface area contributed by atoms with Crippen LogP contribution in [-0.4, -0.2) is 11.9 Å². The number of ether oxygens (including phenoxy) is 1. The Hall–Kier alpha value is -1.97. The van der Waals surface area contributed by atoms with E-state index in [4.69, 9.17) is 4.74 Å². The van der Waals surface area contributed by atoms with Crippen LogP contribution in [0.3, 0.4) is 0 Å². The molecule has 0 saturated heterocycles. The summed E-state index contributed by atoms with van der Waals surface area (Å²) in [6.07, 6.45) is 5.93. The summed E-state index contributed by atoms with van der Waals surface area (Å²) in [5, 5.41) is 0. The first-order valence-electron chi connectivity index (χ1n) is 6.50. The van der Waals surface area contributed by atoms with Crippen LogP contribution in [0.1, 0.15) is 31.2 Å². The van der Waals surface area contributed by atoms with Gasteiger partial charge >= 0.3 is 5.97 Å². The molecule has 1 aliphatic carbocycles. The largest absolute Gasteiger partial charge is 0.406 e. The Bertz CT molecular complexity index is 571. The Morgan fingerprint density at radius 1 is 1.32 bits per heavy atom. The fraction of sp³-hybridized carbons (Fsp3) is 0.333. The summed E-state index contributed by atoms with van der Waals surface area (Å²) in [4.78, 5) is 16.0. The smallest absolute Gasteiger partial charge is 0.363 e. The van der Waals surface area contributed by atoms with Crippen LogP contribution in [-0.2, 0) is 9.53 Å². The lowest BCUT2D eigenvalue weighted by molar-refractivity contribution is -0.130. The number of nitrogens with zero attached hydrogens (tertiary/aromatic N) is 1. The van der Waals surface area contributed by atoms with Gasteiger partial charge in [-0.1, -0.05) is 25.0 Å². The van der Waals surface area contributed by atoms with Gasteiger partial charge in [0.05, 0.1) is 0 Å². The summed E-state index contributed by atoms with van der Waals surface area (Å²) in [6, 6.07) is 6.06. The average molecular weight is 259 g/mol. The number of hydrogen-bond donors (Lipinski definition) is 0. The third kappa shape index (κ3) is 2.57. The molecule has 3 rings (SSSR count). The highest BCUT2D eigenvalue weighted by atomic mass is 19.1. The number of carbonyl (C=O) groups is 1. The first-order chi connectivity index (χ1) is 9.22. The maximum Gasteiger partial charge on any atom is 0.363 e. The molecule has 2 aliphatic rings. The monoisotopic (exact) mass is 259 g/mol. The van der Waals surface area contributed by atoms with Gasteiger partial charge in [0.25, 0.3) is 0 Å². The van der Waals surface area contributed by atoms with E-state index in [1.165, 1.54) is 12.1 Å². The molecule has 0 aromatic heterocycles. The van der Waals surface area contributed by atoms with E-state index in [9.17, 15) is 9.18 Å². The Morgan fingerprint density at radius 2 is 2.11 bits per heavy atom. The van der Waals surface area contributed by atoms with Gasteiger partial charge in [-0.05, 0) is 36.6 Å². The quantitative estimate of drug-likeness (QED) is 0.603. The van der Waals surface area contributed by atoms with Crippen LogP contribution in [0.2, 0.25) is 0 Å². The van der Waals surface area contributed by atoms with Crippen molar-refractivity contribution in [2.24, 2.45) is 10.9 Å². The molecule has 0 spiro atoms. The van der Waals surface area contributed by atoms with Crippen LogP contribution < -0.4 is 0 Å². The number of halogens is 1. The van der Waals surface area contributed by atoms with Crippen LogP contribution in [0.4, 0.5) is 4.39 Å². The number of esters is 1. The van der Waals surface area contributed by atoms with Crippen molar-refractivity contribution in [2.45, 2.75) is 25.7 Å². The van der Waals surface area contributed by atoms with E-state index in [0.29, 0.717) is 11.5 Å². The van der Waals surface area contributed by atoms with Gasteiger partial charge in [-0.3, -0.25) is 0 Å². The lowest BCUT2D eigenvalue weighted by atomic mass is 10.1. The van der Waals surface area contributed by atoms with Crippen LogP contribution in [0.15, 0.2) is 35.0 Å². The standard InChI is InChI=1S/C15H14FNO2/c16-12-7-3-4-10(8-12)9-13-15(18)19-14(17-13)11-5-1-2-6-11/h3-4,7-9,11H,1-2,5-6H2/b13-9+. The van der Waals surface area contributed by atoms with Crippen molar-refractivity contribution in [1.82, 2.24) is 0 Å². The van der Waals surface area contributed by atoms with E-state index >= 15 is 0 Å². The molecule has 98 valence electrons. The molecule has 1 fully saturated rings. The topological polar surface area (TPSA) is 38.7 Å². The van der Waals surface area contributed by atoms with E-state index in [-0.39, 0.29) is 17.4 Å². The van der Waals surface area contributed by atoms with Crippen molar-refractivity contribution in [3.05, 3.63) is 41.3 Å². The molecule has 19 heavy (non-hydrogen) atoms. The molecule has 3 nitrogen and oxygen atoms in total. The Balaban J connectivity index is 1.85. The van der Waals surface area contributed by atoms with Crippen molar-refractivity contribution in [3.8, 4) is 0 Å². The van der Waals surface area contributed by atoms with Crippen molar-refractivity contribution >= 4 is 17.9 Å². The third-order valence-electron chi connectivity index (χ3n) is 3.49. The van der Waals surface area contributed by atoms with Crippen molar-refractivity contribution in [3.63, 3.8) is 0 Å². The number of carbonyl (C=O) groups excluding carboxylic acids is 1. The van der Waals surface area contributed by atoms with Gasteiger partial charge < -0.3 is 4.74 Å². The fourth-order valence-electron chi connectivity index (χ4n) is 2.53. The van der Waals surface area contributed by atoms with E-state index in [0.717, 1.165) is 25.7 Å². The Morgan fingerprint density at radius 3 is 2.84 bits per heavy atom. The first kappa shape index (κ1) is 12.1. The SMILES string of the molecule is O=C1OC(C2CCCC2)=N/C1=C/c1cccc(F)c1. The summed E-state index contributed by atoms with van der Waals surface area (Å²) in [5.74, 6) is 0.0272. The lowest BCUT2D eigenvalue weighted by Crippen LogP contribution is -2.12. The van der Waals surface area contributed by atoms with Gasteiger partial charge in [0, 0.05) is 5.92 Å². The number of rotatable bonds is 2. The molecule has 0 radical (unpaired) electrons. The zero-order valence-electron chi connectivity index (χ0n) is 10.4. The normalized spacial score (nSPS) is 21.8. The second-order valence-electron chi connectivity index (χ2n) is 4.91. The van der Waals surface area contributed by atoms with Gasteiger partial charge in [0.15, 0.2) is 5.70 Å². The average Bonchev–Trinajstić information content (AvgIpc) is 3.00. The zero-order valence-corrected chi connectivity index (χ0v) is 10.4. The molecular formula is C15H14FNO2. The predicted octanol–water partition coefficient (Wildman–Crippen LogP) is 3.31. The van der Waals surface area contributed by atoms with Gasteiger partial charge in [-0.2, -0.15) is 0 Å². The second-order valence-corrected chi connectivity index (χ2v) is 4.91. The summed E-state index contributed by atoms with van der Waals surface area (Å²) in [6.45, 7) is 0. The molecule has 0 atom stereocenters. The number of hydrogen-bond acceptors (Lipinski definition) is 3. The van der Waals surface area contributed by atoms with Crippen molar-refractivity contribution in [2.75, 3.05) is 0 Å². The summed E-state index contributed by atoms with van der Waals surface area (Å²) in [5.41, 5.74) is 0.871. The second kappa shape index (κ2) is 4.96. The molecule has 1 aliphatic heterocycles.